The molecule has 0 bridgehead atoms. The highest BCUT2D eigenvalue weighted by Gasteiger charge is 2.47. The number of likely N-dealkylation sites (tertiary alicyclic amines) is 1. The van der Waals surface area contributed by atoms with E-state index in [9.17, 15) is 9.59 Å². The van der Waals surface area contributed by atoms with Gasteiger partial charge in [0.15, 0.2) is 0 Å². The molecule has 1 saturated heterocycles. The molecule has 106 valence electrons. The second-order valence-electron chi connectivity index (χ2n) is 5.38. The summed E-state index contributed by atoms with van der Waals surface area (Å²) in [4.78, 5) is 25.4. The van der Waals surface area contributed by atoms with Crippen LogP contribution in [0.4, 0.5) is 0 Å². The number of benzene rings is 1. The first-order valence-electron chi connectivity index (χ1n) is 6.90. The molecule has 0 aromatic heterocycles. The summed E-state index contributed by atoms with van der Waals surface area (Å²) < 4.78 is 5.67. The van der Waals surface area contributed by atoms with Crippen molar-refractivity contribution < 1.29 is 14.3 Å². The van der Waals surface area contributed by atoms with E-state index < -0.39 is 5.60 Å². The molecule has 5 heteroatoms. The monoisotopic (exact) mass is 274 g/mol. The van der Waals surface area contributed by atoms with Crippen LogP contribution in [-0.2, 0) is 15.1 Å². The quantitative estimate of drug-likeness (QED) is 0.814. The van der Waals surface area contributed by atoms with E-state index in [4.69, 9.17) is 4.74 Å². The lowest BCUT2D eigenvalue weighted by Crippen LogP contribution is -2.46. The van der Waals surface area contributed by atoms with Crippen molar-refractivity contribution in [2.45, 2.75) is 18.4 Å². The van der Waals surface area contributed by atoms with Crippen LogP contribution in [0.5, 0.6) is 0 Å². The van der Waals surface area contributed by atoms with Gasteiger partial charge in [0, 0.05) is 38.5 Å². The van der Waals surface area contributed by atoms with Gasteiger partial charge in [-0.1, -0.05) is 18.2 Å². The maximum Gasteiger partial charge on any atom is 0.339 e. The Hall–Kier alpha value is -1.88. The molecule has 0 aliphatic carbocycles. The molecule has 1 fully saturated rings. The van der Waals surface area contributed by atoms with Gasteiger partial charge in [-0.15, -0.1) is 0 Å². The number of likely N-dealkylation sites (N-methyl/N-ethyl adjacent to an activating group) is 1. The number of carbonyl (C=O) groups is 2. The third kappa shape index (κ3) is 2.08. The van der Waals surface area contributed by atoms with Crippen LogP contribution in [0.15, 0.2) is 24.3 Å². The topological polar surface area (TPSA) is 58.6 Å². The molecule has 2 aliphatic rings. The van der Waals surface area contributed by atoms with E-state index in [0.29, 0.717) is 12.1 Å². The summed E-state index contributed by atoms with van der Waals surface area (Å²) >= 11 is 0. The molecule has 0 radical (unpaired) electrons. The predicted molar refractivity (Wildman–Crippen MR) is 73.3 cm³/mol. The van der Waals surface area contributed by atoms with Crippen LogP contribution in [0.25, 0.3) is 0 Å². The van der Waals surface area contributed by atoms with E-state index in [1.54, 1.807) is 7.05 Å². The lowest BCUT2D eigenvalue weighted by atomic mass is 9.84. The standard InChI is InChI=1S/C15H18N2O3/c1-16-13(18)10-17-8-6-15(7-9-17)12-5-3-2-4-11(12)14(19)20-15/h2-5H,6-10H2,1H3,(H,16,18). The van der Waals surface area contributed by atoms with Crippen LogP contribution in [0.2, 0.25) is 0 Å². The number of hydrogen-bond acceptors (Lipinski definition) is 4. The molecule has 20 heavy (non-hydrogen) atoms. The molecule has 2 heterocycles. The SMILES string of the molecule is CNC(=O)CN1CCC2(CC1)OC(=O)c1ccccc12. The van der Waals surface area contributed by atoms with Gasteiger partial charge in [-0.2, -0.15) is 0 Å². The van der Waals surface area contributed by atoms with Crippen molar-refractivity contribution in [3.8, 4) is 0 Å². The minimum Gasteiger partial charge on any atom is -0.450 e. The Balaban J connectivity index is 1.75. The highest BCUT2D eigenvalue weighted by Crippen LogP contribution is 2.43. The molecule has 0 unspecified atom stereocenters. The van der Waals surface area contributed by atoms with Gasteiger partial charge >= 0.3 is 5.97 Å². The van der Waals surface area contributed by atoms with Gasteiger partial charge in [-0.3, -0.25) is 9.69 Å². The van der Waals surface area contributed by atoms with Gasteiger partial charge in [0.25, 0.3) is 0 Å². The van der Waals surface area contributed by atoms with Gasteiger partial charge < -0.3 is 10.1 Å². The summed E-state index contributed by atoms with van der Waals surface area (Å²) in [6.45, 7) is 1.92. The van der Waals surface area contributed by atoms with Crippen LogP contribution in [0.1, 0.15) is 28.8 Å². The molecule has 2 aliphatic heterocycles. The Bertz CT molecular complexity index is 548. The number of esters is 1. The van der Waals surface area contributed by atoms with Crippen LogP contribution in [-0.4, -0.2) is 43.5 Å². The normalized spacial score (nSPS) is 20.6. The van der Waals surface area contributed by atoms with Crippen LogP contribution < -0.4 is 5.32 Å². The van der Waals surface area contributed by atoms with Crippen LogP contribution in [0.3, 0.4) is 0 Å². The van der Waals surface area contributed by atoms with E-state index >= 15 is 0 Å². The van der Waals surface area contributed by atoms with Crippen molar-refractivity contribution >= 4 is 11.9 Å². The Kier molecular flexibility index (Phi) is 3.22. The first-order chi connectivity index (χ1) is 9.64. The minimum absolute atomic E-state index is 0.0183. The van der Waals surface area contributed by atoms with Gasteiger partial charge in [0.05, 0.1) is 12.1 Å². The van der Waals surface area contributed by atoms with Gasteiger partial charge in [-0.25, -0.2) is 4.79 Å². The molecule has 1 aromatic carbocycles. The fourth-order valence-corrected chi connectivity index (χ4v) is 3.07. The number of nitrogens with one attached hydrogen (secondary N) is 1. The number of carbonyl (C=O) groups excluding carboxylic acids is 2. The number of amides is 1. The van der Waals surface area contributed by atoms with Crippen molar-refractivity contribution in [3.63, 3.8) is 0 Å². The van der Waals surface area contributed by atoms with E-state index in [1.165, 1.54) is 0 Å². The third-order valence-electron chi connectivity index (χ3n) is 4.24. The second-order valence-corrected chi connectivity index (χ2v) is 5.38. The van der Waals surface area contributed by atoms with E-state index in [-0.39, 0.29) is 11.9 Å². The Morgan fingerprint density at radius 3 is 2.75 bits per heavy atom. The average molecular weight is 274 g/mol. The van der Waals surface area contributed by atoms with Crippen LogP contribution >= 0.6 is 0 Å². The molecule has 1 amide bonds. The second kappa shape index (κ2) is 4.90. The fraction of sp³-hybridized carbons (Fsp3) is 0.467. The number of hydrogen-bond donors (Lipinski definition) is 1. The molecular formula is C15H18N2O3. The largest absolute Gasteiger partial charge is 0.450 e. The molecule has 1 spiro atoms. The Labute approximate surface area is 117 Å². The minimum atomic E-state index is -0.479. The number of fused-ring (bicyclic) bond motifs is 2. The van der Waals surface area contributed by atoms with Gasteiger partial charge in [0.2, 0.25) is 5.91 Å². The van der Waals surface area contributed by atoms with Crippen molar-refractivity contribution in [2.75, 3.05) is 26.7 Å². The van der Waals surface area contributed by atoms with Crippen molar-refractivity contribution in [3.05, 3.63) is 35.4 Å². The zero-order chi connectivity index (χ0) is 14.2. The summed E-state index contributed by atoms with van der Waals surface area (Å²) in [5, 5.41) is 2.63. The maximum atomic E-state index is 11.9. The molecular weight excluding hydrogens is 256 g/mol. The zero-order valence-corrected chi connectivity index (χ0v) is 11.5. The molecule has 0 atom stereocenters. The lowest BCUT2D eigenvalue weighted by Gasteiger charge is -2.38. The summed E-state index contributed by atoms with van der Waals surface area (Å²) in [7, 11) is 1.64. The molecule has 5 nitrogen and oxygen atoms in total. The van der Waals surface area contributed by atoms with E-state index in [1.807, 2.05) is 24.3 Å². The predicted octanol–water partition coefficient (Wildman–Crippen LogP) is 0.894. The Morgan fingerprint density at radius 1 is 1.35 bits per heavy atom. The van der Waals surface area contributed by atoms with Crippen molar-refractivity contribution in [1.82, 2.24) is 10.2 Å². The van der Waals surface area contributed by atoms with Crippen LogP contribution in [0, 0.1) is 0 Å². The van der Waals surface area contributed by atoms with Crippen molar-refractivity contribution in [1.29, 1.82) is 0 Å². The number of ether oxygens (including phenoxy) is 1. The molecule has 0 saturated carbocycles. The third-order valence-corrected chi connectivity index (χ3v) is 4.24. The highest BCUT2D eigenvalue weighted by atomic mass is 16.6. The molecule has 1 N–H and O–H groups in total. The average Bonchev–Trinajstić information content (AvgIpc) is 2.75. The maximum absolute atomic E-state index is 11.9. The summed E-state index contributed by atoms with van der Waals surface area (Å²) in [6.07, 6.45) is 1.49. The van der Waals surface area contributed by atoms with E-state index in [2.05, 4.69) is 10.2 Å². The van der Waals surface area contributed by atoms with Gasteiger partial charge in [0.1, 0.15) is 5.60 Å². The first-order valence-corrected chi connectivity index (χ1v) is 6.90. The van der Waals surface area contributed by atoms with Crippen molar-refractivity contribution in [2.24, 2.45) is 0 Å². The first kappa shape index (κ1) is 13.1. The zero-order valence-electron chi connectivity index (χ0n) is 11.5. The summed E-state index contributed by atoms with van der Waals surface area (Å²) in [6, 6.07) is 7.61. The number of rotatable bonds is 2. The Morgan fingerprint density at radius 2 is 2.05 bits per heavy atom. The molecule has 1 aromatic rings. The lowest BCUT2D eigenvalue weighted by molar-refractivity contribution is -0.123. The number of piperidine rings is 1. The molecule has 3 rings (SSSR count). The highest BCUT2D eigenvalue weighted by molar-refractivity contribution is 5.94. The summed E-state index contributed by atoms with van der Waals surface area (Å²) in [5.41, 5.74) is 1.21. The fourth-order valence-electron chi connectivity index (χ4n) is 3.07. The van der Waals surface area contributed by atoms with E-state index in [0.717, 1.165) is 31.5 Å². The summed E-state index contributed by atoms with van der Waals surface area (Å²) in [5.74, 6) is -0.204. The van der Waals surface area contributed by atoms with Gasteiger partial charge in [-0.05, 0) is 6.07 Å². The smallest absolute Gasteiger partial charge is 0.339 e. The number of nitrogens with zero attached hydrogens (tertiary/aromatic N) is 1.